The predicted octanol–water partition coefficient (Wildman–Crippen LogP) is 1.59. The molecule has 6 nitrogen and oxygen atoms in total. The normalized spacial score (nSPS) is 18.3. The Balaban J connectivity index is 2.04. The first-order valence-corrected chi connectivity index (χ1v) is 7.35. The van der Waals surface area contributed by atoms with Crippen LogP contribution in [0.25, 0.3) is 0 Å². The van der Waals surface area contributed by atoms with Crippen LogP contribution in [-0.4, -0.2) is 56.7 Å². The van der Waals surface area contributed by atoms with Crippen molar-refractivity contribution in [2.24, 2.45) is 0 Å². The number of nitrogens with zero attached hydrogens (tertiary/aromatic N) is 1. The summed E-state index contributed by atoms with van der Waals surface area (Å²) in [6, 6.07) is 3.09. The number of methoxy groups -OCH3 is 1. The fourth-order valence-corrected chi connectivity index (χ4v) is 2.59. The average molecular weight is 347 g/mol. The maximum absolute atomic E-state index is 12.3. The highest BCUT2D eigenvalue weighted by molar-refractivity contribution is 6.37. The van der Waals surface area contributed by atoms with Gasteiger partial charge in [-0.1, -0.05) is 23.2 Å². The number of halogens is 2. The van der Waals surface area contributed by atoms with Gasteiger partial charge < -0.3 is 19.7 Å². The molecule has 1 aliphatic rings. The van der Waals surface area contributed by atoms with Crippen molar-refractivity contribution in [2.75, 3.05) is 33.9 Å². The highest BCUT2D eigenvalue weighted by Crippen LogP contribution is 2.33. The Morgan fingerprint density at radius 2 is 2.14 bits per heavy atom. The molecule has 0 aliphatic carbocycles. The topological polar surface area (TPSA) is 67.9 Å². The molecule has 120 valence electrons. The van der Waals surface area contributed by atoms with Crippen molar-refractivity contribution < 1.29 is 19.1 Å². The van der Waals surface area contributed by atoms with Crippen LogP contribution in [-0.2, 0) is 9.53 Å². The Kier molecular flexibility index (Phi) is 5.50. The number of nitrogens with one attached hydrogen (secondary N) is 1. The van der Waals surface area contributed by atoms with Crippen molar-refractivity contribution in [1.82, 2.24) is 10.2 Å². The van der Waals surface area contributed by atoms with Gasteiger partial charge in [0.2, 0.25) is 5.91 Å². The monoisotopic (exact) mass is 346 g/mol. The van der Waals surface area contributed by atoms with Crippen molar-refractivity contribution in [3.63, 3.8) is 0 Å². The smallest absolute Gasteiger partial charge is 0.256 e. The van der Waals surface area contributed by atoms with E-state index in [-0.39, 0.29) is 41.5 Å². The summed E-state index contributed by atoms with van der Waals surface area (Å²) in [6.45, 7) is 0.681. The van der Waals surface area contributed by atoms with Gasteiger partial charge in [0, 0.05) is 20.1 Å². The van der Waals surface area contributed by atoms with E-state index in [1.165, 1.54) is 13.2 Å². The number of ether oxygens (including phenoxy) is 2. The van der Waals surface area contributed by atoms with Gasteiger partial charge in [-0.25, -0.2) is 0 Å². The van der Waals surface area contributed by atoms with Crippen LogP contribution in [0.4, 0.5) is 0 Å². The molecule has 1 saturated heterocycles. The molecule has 1 N–H and O–H groups in total. The van der Waals surface area contributed by atoms with Crippen LogP contribution in [0.1, 0.15) is 10.4 Å². The zero-order valence-electron chi connectivity index (χ0n) is 12.2. The van der Waals surface area contributed by atoms with E-state index >= 15 is 0 Å². The first-order valence-electron chi connectivity index (χ1n) is 6.59. The van der Waals surface area contributed by atoms with E-state index in [1.54, 1.807) is 18.0 Å². The molecule has 1 atom stereocenters. The molecule has 1 aromatic carbocycles. The minimum atomic E-state index is -0.410. The number of carbonyl (C=O) groups is 2. The second-order valence-electron chi connectivity index (χ2n) is 4.85. The van der Waals surface area contributed by atoms with Gasteiger partial charge in [0.05, 0.1) is 23.3 Å². The molecule has 0 bridgehead atoms. The summed E-state index contributed by atoms with van der Waals surface area (Å²) in [7, 11) is 3.11. The first-order chi connectivity index (χ1) is 10.4. The lowest BCUT2D eigenvalue weighted by Crippen LogP contribution is -2.48. The van der Waals surface area contributed by atoms with E-state index in [0.717, 1.165) is 0 Å². The van der Waals surface area contributed by atoms with E-state index < -0.39 is 5.91 Å². The SMILES string of the molecule is COc1c(Cl)ccc(Cl)c1C(=O)NCC1CN(C)C(=O)CO1. The van der Waals surface area contributed by atoms with Gasteiger partial charge in [0.15, 0.2) is 5.75 Å². The molecule has 1 aliphatic heterocycles. The zero-order chi connectivity index (χ0) is 16.3. The number of likely N-dealkylation sites (N-methyl/N-ethyl adjacent to an activating group) is 1. The predicted molar refractivity (Wildman–Crippen MR) is 82.7 cm³/mol. The molecule has 0 aromatic heterocycles. The Morgan fingerprint density at radius 3 is 2.77 bits per heavy atom. The second-order valence-corrected chi connectivity index (χ2v) is 5.67. The van der Waals surface area contributed by atoms with Crippen molar-refractivity contribution >= 4 is 35.0 Å². The van der Waals surface area contributed by atoms with Gasteiger partial charge in [-0.15, -0.1) is 0 Å². The van der Waals surface area contributed by atoms with Crippen LogP contribution in [0, 0.1) is 0 Å². The van der Waals surface area contributed by atoms with Crippen LogP contribution in [0.3, 0.4) is 0 Å². The first kappa shape index (κ1) is 16.9. The van der Waals surface area contributed by atoms with Gasteiger partial charge in [0.1, 0.15) is 12.2 Å². The Bertz CT molecular complexity index is 594. The summed E-state index contributed by atoms with van der Waals surface area (Å²) in [5.74, 6) is -0.266. The Hall–Kier alpha value is -1.50. The average Bonchev–Trinajstić information content (AvgIpc) is 2.50. The molecule has 2 amide bonds. The summed E-state index contributed by atoms with van der Waals surface area (Å²) < 4.78 is 10.5. The molecular weight excluding hydrogens is 331 g/mol. The third kappa shape index (κ3) is 3.63. The second kappa shape index (κ2) is 7.17. The fourth-order valence-electron chi connectivity index (χ4n) is 2.12. The number of hydrogen-bond donors (Lipinski definition) is 1. The third-order valence-corrected chi connectivity index (χ3v) is 3.94. The summed E-state index contributed by atoms with van der Waals surface area (Å²) >= 11 is 12.1. The molecule has 0 radical (unpaired) electrons. The van der Waals surface area contributed by atoms with Crippen LogP contribution in [0.5, 0.6) is 5.75 Å². The minimum absolute atomic E-state index is 0.0122. The molecule has 1 heterocycles. The summed E-state index contributed by atoms with van der Waals surface area (Å²) in [5.41, 5.74) is 0.178. The van der Waals surface area contributed by atoms with Crippen molar-refractivity contribution in [1.29, 1.82) is 0 Å². The number of amides is 2. The van der Waals surface area contributed by atoms with Crippen LogP contribution >= 0.6 is 23.2 Å². The van der Waals surface area contributed by atoms with E-state index in [4.69, 9.17) is 32.7 Å². The lowest BCUT2D eigenvalue weighted by Gasteiger charge is -2.30. The number of morpholine rings is 1. The van der Waals surface area contributed by atoms with Crippen molar-refractivity contribution in [2.45, 2.75) is 6.10 Å². The number of carbonyl (C=O) groups excluding carboxylic acids is 2. The van der Waals surface area contributed by atoms with Gasteiger partial charge in [-0.3, -0.25) is 9.59 Å². The molecule has 22 heavy (non-hydrogen) atoms. The van der Waals surface area contributed by atoms with Crippen LogP contribution < -0.4 is 10.1 Å². The Labute approximate surface area is 138 Å². The standard InChI is InChI=1S/C14H16Cl2N2O4/c1-18-6-8(22-7-11(18)19)5-17-14(20)12-9(15)3-4-10(16)13(12)21-2/h3-4,8H,5-7H2,1-2H3,(H,17,20). The molecule has 0 spiro atoms. The molecule has 2 rings (SSSR count). The summed E-state index contributed by atoms with van der Waals surface area (Å²) in [6.07, 6.45) is -0.268. The van der Waals surface area contributed by atoms with Gasteiger partial charge in [-0.05, 0) is 12.1 Å². The summed E-state index contributed by atoms with van der Waals surface area (Å²) in [5, 5.41) is 3.27. The molecule has 8 heteroatoms. The highest BCUT2D eigenvalue weighted by atomic mass is 35.5. The fraction of sp³-hybridized carbons (Fsp3) is 0.429. The molecule has 0 saturated carbocycles. The number of benzene rings is 1. The quantitative estimate of drug-likeness (QED) is 0.898. The van der Waals surface area contributed by atoms with Crippen molar-refractivity contribution in [3.8, 4) is 5.75 Å². The molecular formula is C14H16Cl2N2O4. The van der Waals surface area contributed by atoms with E-state index in [1.807, 2.05) is 0 Å². The lowest BCUT2D eigenvalue weighted by molar-refractivity contribution is -0.146. The minimum Gasteiger partial charge on any atom is -0.494 e. The lowest BCUT2D eigenvalue weighted by atomic mass is 10.1. The summed E-state index contributed by atoms with van der Waals surface area (Å²) in [4.78, 5) is 25.2. The highest BCUT2D eigenvalue weighted by Gasteiger charge is 2.25. The molecule has 1 fully saturated rings. The molecule has 1 unspecified atom stereocenters. The maximum atomic E-state index is 12.3. The van der Waals surface area contributed by atoms with Gasteiger partial charge in [-0.2, -0.15) is 0 Å². The van der Waals surface area contributed by atoms with E-state index in [2.05, 4.69) is 5.32 Å². The zero-order valence-corrected chi connectivity index (χ0v) is 13.7. The van der Waals surface area contributed by atoms with Gasteiger partial charge in [0.25, 0.3) is 5.91 Å². The van der Waals surface area contributed by atoms with E-state index in [0.29, 0.717) is 11.6 Å². The Morgan fingerprint density at radius 1 is 1.45 bits per heavy atom. The molecule has 1 aromatic rings. The van der Waals surface area contributed by atoms with Crippen LogP contribution in [0.15, 0.2) is 12.1 Å². The largest absolute Gasteiger partial charge is 0.494 e. The maximum Gasteiger partial charge on any atom is 0.256 e. The number of rotatable bonds is 4. The van der Waals surface area contributed by atoms with Crippen LogP contribution in [0.2, 0.25) is 10.0 Å². The van der Waals surface area contributed by atoms with Crippen molar-refractivity contribution in [3.05, 3.63) is 27.7 Å². The third-order valence-electron chi connectivity index (χ3n) is 3.33. The van der Waals surface area contributed by atoms with E-state index in [9.17, 15) is 9.59 Å². The van der Waals surface area contributed by atoms with Gasteiger partial charge >= 0.3 is 0 Å². The number of hydrogen-bond acceptors (Lipinski definition) is 4.